The van der Waals surface area contributed by atoms with Gasteiger partial charge in [0.25, 0.3) is 5.91 Å². The van der Waals surface area contributed by atoms with Crippen LogP contribution in [0, 0.1) is 6.92 Å². The minimum Gasteiger partial charge on any atom is -0.548 e. The number of hydrogen-bond donors (Lipinski definition) is 0. The molecule has 0 spiro atoms. The van der Waals surface area contributed by atoms with Gasteiger partial charge < -0.3 is 14.6 Å². The molecule has 1 heterocycles. The smallest absolute Gasteiger partial charge is 0.265 e. The molecule has 5 heteroatoms. The minimum atomic E-state index is -1.28. The van der Waals surface area contributed by atoms with Crippen molar-refractivity contribution < 1.29 is 19.4 Å². The van der Waals surface area contributed by atoms with Gasteiger partial charge in [0.05, 0.1) is 17.7 Å². The first-order valence-corrected chi connectivity index (χ1v) is 5.27. The van der Waals surface area contributed by atoms with E-state index in [4.69, 9.17) is 4.74 Å². The molecule has 0 bridgehead atoms. The molecule has 2 rings (SSSR count). The highest BCUT2D eigenvalue weighted by molar-refractivity contribution is 6.02. The number of aryl methyl sites for hydroxylation is 1. The van der Waals surface area contributed by atoms with E-state index in [9.17, 15) is 14.7 Å². The van der Waals surface area contributed by atoms with Gasteiger partial charge in [-0.3, -0.25) is 9.69 Å². The molecule has 0 aliphatic carbocycles. The van der Waals surface area contributed by atoms with Gasteiger partial charge in [0, 0.05) is 0 Å². The summed E-state index contributed by atoms with van der Waals surface area (Å²) in [5.74, 6) is -1.14. The molecule has 1 aromatic carbocycles. The summed E-state index contributed by atoms with van der Waals surface area (Å²) >= 11 is 0. The predicted molar refractivity (Wildman–Crippen MR) is 58.6 cm³/mol. The predicted octanol–water partition coefficient (Wildman–Crippen LogP) is -0.141. The number of fused-ring (bicyclic) bond motifs is 1. The number of carboxylic acid groups (broad SMARTS) is 1. The Bertz CT molecular complexity index is 483. The largest absolute Gasteiger partial charge is 0.548 e. The van der Waals surface area contributed by atoms with Gasteiger partial charge in [-0.15, -0.1) is 0 Å². The SMILES string of the molecule is Cc1ccc2c(c1)N(C(C)C(=O)[O-])C(=O)CO2. The Labute approximate surface area is 98.6 Å². The van der Waals surface area contributed by atoms with Crippen LogP contribution in [-0.2, 0) is 9.59 Å². The van der Waals surface area contributed by atoms with E-state index in [1.165, 1.54) is 11.8 Å². The number of anilines is 1. The molecule has 1 aliphatic rings. The molecule has 1 aromatic rings. The molecule has 17 heavy (non-hydrogen) atoms. The van der Waals surface area contributed by atoms with Crippen LogP contribution in [-0.4, -0.2) is 24.5 Å². The van der Waals surface area contributed by atoms with Crippen molar-refractivity contribution in [3.63, 3.8) is 0 Å². The number of aliphatic carboxylic acids is 1. The fourth-order valence-corrected chi connectivity index (χ4v) is 1.81. The Balaban J connectivity index is 2.49. The van der Waals surface area contributed by atoms with Crippen LogP contribution in [0.3, 0.4) is 0 Å². The Kier molecular flexibility index (Phi) is 2.75. The van der Waals surface area contributed by atoms with Crippen molar-refractivity contribution in [1.82, 2.24) is 0 Å². The molecular weight excluding hydrogens is 222 g/mol. The summed E-state index contributed by atoms with van der Waals surface area (Å²) in [5.41, 5.74) is 1.41. The highest BCUT2D eigenvalue weighted by atomic mass is 16.5. The molecule has 1 amide bonds. The van der Waals surface area contributed by atoms with E-state index in [1.54, 1.807) is 12.1 Å². The van der Waals surface area contributed by atoms with Crippen LogP contribution < -0.4 is 14.7 Å². The summed E-state index contributed by atoms with van der Waals surface area (Å²) in [4.78, 5) is 23.8. The first-order valence-electron chi connectivity index (χ1n) is 5.27. The van der Waals surface area contributed by atoms with Crippen molar-refractivity contribution in [3.05, 3.63) is 23.8 Å². The molecule has 1 aliphatic heterocycles. The molecule has 90 valence electrons. The molecule has 0 radical (unpaired) electrons. The third-order valence-corrected chi connectivity index (χ3v) is 2.72. The third kappa shape index (κ3) is 1.95. The lowest BCUT2D eigenvalue weighted by Crippen LogP contribution is -2.52. The first-order chi connectivity index (χ1) is 8.00. The number of carbonyl (C=O) groups excluding carboxylic acids is 2. The summed E-state index contributed by atoms with van der Waals surface area (Å²) in [6.07, 6.45) is 0. The fourth-order valence-electron chi connectivity index (χ4n) is 1.81. The Morgan fingerprint density at radius 3 is 2.88 bits per heavy atom. The van der Waals surface area contributed by atoms with E-state index < -0.39 is 12.0 Å². The van der Waals surface area contributed by atoms with Crippen LogP contribution in [0.15, 0.2) is 18.2 Å². The van der Waals surface area contributed by atoms with E-state index in [-0.39, 0.29) is 12.5 Å². The molecule has 1 unspecified atom stereocenters. The summed E-state index contributed by atoms with van der Waals surface area (Å²) in [6, 6.07) is 4.29. The van der Waals surface area contributed by atoms with E-state index >= 15 is 0 Å². The van der Waals surface area contributed by atoms with Crippen molar-refractivity contribution in [2.75, 3.05) is 11.5 Å². The van der Waals surface area contributed by atoms with Crippen LogP contribution >= 0.6 is 0 Å². The van der Waals surface area contributed by atoms with Gasteiger partial charge in [0.2, 0.25) is 0 Å². The zero-order valence-corrected chi connectivity index (χ0v) is 9.60. The number of nitrogens with zero attached hydrogens (tertiary/aromatic N) is 1. The highest BCUT2D eigenvalue weighted by Crippen LogP contribution is 2.33. The number of benzene rings is 1. The van der Waals surface area contributed by atoms with E-state index in [2.05, 4.69) is 0 Å². The summed E-state index contributed by atoms with van der Waals surface area (Å²) < 4.78 is 5.25. The zero-order valence-electron chi connectivity index (χ0n) is 9.60. The second-order valence-corrected chi connectivity index (χ2v) is 4.02. The Morgan fingerprint density at radius 2 is 2.24 bits per heavy atom. The molecule has 0 aromatic heterocycles. The maximum Gasteiger partial charge on any atom is 0.265 e. The zero-order chi connectivity index (χ0) is 12.6. The molecule has 5 nitrogen and oxygen atoms in total. The maximum atomic E-state index is 11.7. The van der Waals surface area contributed by atoms with Crippen molar-refractivity contribution >= 4 is 17.6 Å². The first kappa shape index (κ1) is 11.4. The molecule has 0 N–H and O–H groups in total. The van der Waals surface area contributed by atoms with Crippen LogP contribution in [0.2, 0.25) is 0 Å². The average Bonchev–Trinajstić information content (AvgIpc) is 2.27. The van der Waals surface area contributed by atoms with E-state index in [0.29, 0.717) is 11.4 Å². The maximum absolute atomic E-state index is 11.7. The van der Waals surface area contributed by atoms with Gasteiger partial charge in [-0.25, -0.2) is 0 Å². The standard InChI is InChI=1S/C12H13NO4/c1-7-3-4-10-9(5-7)13(8(2)12(15)16)11(14)6-17-10/h3-5,8H,6H2,1-2H3,(H,15,16)/p-1. The van der Waals surface area contributed by atoms with Gasteiger partial charge in [-0.1, -0.05) is 6.07 Å². The normalized spacial score (nSPS) is 16.1. The average molecular weight is 234 g/mol. The van der Waals surface area contributed by atoms with E-state index in [0.717, 1.165) is 5.56 Å². The number of carbonyl (C=O) groups is 2. The van der Waals surface area contributed by atoms with Crippen molar-refractivity contribution in [1.29, 1.82) is 0 Å². The molecule has 1 atom stereocenters. The summed E-state index contributed by atoms with van der Waals surface area (Å²) in [6.45, 7) is 3.14. The lowest BCUT2D eigenvalue weighted by atomic mass is 10.1. The number of ether oxygens (including phenoxy) is 1. The van der Waals surface area contributed by atoms with Gasteiger partial charge in [-0.2, -0.15) is 0 Å². The van der Waals surface area contributed by atoms with Gasteiger partial charge in [-0.05, 0) is 31.5 Å². The van der Waals surface area contributed by atoms with Crippen LogP contribution in [0.25, 0.3) is 0 Å². The lowest BCUT2D eigenvalue weighted by Gasteiger charge is -2.34. The highest BCUT2D eigenvalue weighted by Gasteiger charge is 2.29. The van der Waals surface area contributed by atoms with E-state index in [1.807, 2.05) is 13.0 Å². The van der Waals surface area contributed by atoms with Gasteiger partial charge >= 0.3 is 0 Å². The molecule has 0 fully saturated rings. The quantitative estimate of drug-likeness (QED) is 0.714. The summed E-state index contributed by atoms with van der Waals surface area (Å²) in [7, 11) is 0. The van der Waals surface area contributed by atoms with Crippen LogP contribution in [0.5, 0.6) is 5.75 Å². The molecular formula is C12H12NO4-. The second kappa shape index (κ2) is 4.08. The topological polar surface area (TPSA) is 69.7 Å². The van der Waals surface area contributed by atoms with Crippen molar-refractivity contribution in [3.8, 4) is 5.75 Å². The number of amides is 1. The Hall–Kier alpha value is -2.04. The molecule has 0 saturated heterocycles. The number of hydrogen-bond acceptors (Lipinski definition) is 4. The number of carboxylic acids is 1. The summed E-state index contributed by atoms with van der Waals surface area (Å²) in [5, 5.41) is 10.9. The monoisotopic (exact) mass is 234 g/mol. The third-order valence-electron chi connectivity index (χ3n) is 2.72. The fraction of sp³-hybridized carbons (Fsp3) is 0.333. The van der Waals surface area contributed by atoms with Crippen LogP contribution in [0.4, 0.5) is 5.69 Å². The minimum absolute atomic E-state index is 0.145. The second-order valence-electron chi connectivity index (χ2n) is 4.02. The molecule has 0 saturated carbocycles. The van der Waals surface area contributed by atoms with Gasteiger partial charge in [0.1, 0.15) is 5.75 Å². The van der Waals surface area contributed by atoms with Crippen molar-refractivity contribution in [2.45, 2.75) is 19.9 Å². The van der Waals surface area contributed by atoms with Gasteiger partial charge in [0.15, 0.2) is 6.61 Å². The Morgan fingerprint density at radius 1 is 1.53 bits per heavy atom. The lowest BCUT2D eigenvalue weighted by molar-refractivity contribution is -0.307. The van der Waals surface area contributed by atoms with Crippen LogP contribution in [0.1, 0.15) is 12.5 Å². The van der Waals surface area contributed by atoms with Crippen molar-refractivity contribution in [2.24, 2.45) is 0 Å². The number of rotatable bonds is 2.